The van der Waals surface area contributed by atoms with Gasteiger partial charge in [0.15, 0.2) is 0 Å². The molecule has 0 radical (unpaired) electrons. The lowest BCUT2D eigenvalue weighted by molar-refractivity contribution is -0.139. The van der Waals surface area contributed by atoms with Gasteiger partial charge in [-0.2, -0.15) is 4.31 Å². The zero-order valence-corrected chi connectivity index (χ0v) is 17.8. The first-order valence-corrected chi connectivity index (χ1v) is 10.9. The summed E-state index contributed by atoms with van der Waals surface area (Å²) in [5, 5.41) is 4.73. The molecule has 3 rings (SSSR count). The Bertz CT molecular complexity index is 1100. The van der Waals surface area contributed by atoms with E-state index in [4.69, 9.17) is 9.47 Å². The first kappa shape index (κ1) is 23.6. The number of rotatable bonds is 7. The maximum Gasteiger partial charge on any atom is 0.309 e. The summed E-state index contributed by atoms with van der Waals surface area (Å²) in [6.45, 7) is -0.399. The Kier molecular flexibility index (Phi) is 7.38. The van der Waals surface area contributed by atoms with Crippen molar-refractivity contribution in [1.82, 2.24) is 14.9 Å². The number of benzene rings is 2. The summed E-state index contributed by atoms with van der Waals surface area (Å²) in [5.41, 5.74) is 0.737. The molecule has 0 unspecified atom stereocenters. The highest BCUT2D eigenvalue weighted by atomic mass is 32.2. The Labute approximate surface area is 183 Å². The van der Waals surface area contributed by atoms with Gasteiger partial charge in [0, 0.05) is 13.1 Å². The van der Waals surface area contributed by atoms with Crippen LogP contribution in [0, 0.1) is 11.6 Å². The fraction of sp³-hybridized carbons (Fsp3) is 0.300. The van der Waals surface area contributed by atoms with Gasteiger partial charge in [-0.15, -0.1) is 0 Å². The van der Waals surface area contributed by atoms with E-state index in [2.05, 4.69) is 10.6 Å². The van der Waals surface area contributed by atoms with Gasteiger partial charge in [-0.1, -0.05) is 12.1 Å². The Hall–Kier alpha value is -3.09. The number of halogens is 2. The lowest BCUT2D eigenvalue weighted by Gasteiger charge is -2.23. The van der Waals surface area contributed by atoms with Crippen molar-refractivity contribution in [1.29, 1.82) is 0 Å². The van der Waals surface area contributed by atoms with Gasteiger partial charge < -0.3 is 20.1 Å². The van der Waals surface area contributed by atoms with Gasteiger partial charge in [-0.25, -0.2) is 17.2 Å². The minimum atomic E-state index is -4.43. The Morgan fingerprint density at radius 3 is 2.50 bits per heavy atom. The number of sulfonamides is 1. The molecule has 1 atom stereocenters. The van der Waals surface area contributed by atoms with Gasteiger partial charge in [-0.05, 0) is 35.9 Å². The number of amides is 2. The van der Waals surface area contributed by atoms with Crippen LogP contribution in [0.2, 0.25) is 0 Å². The molecular weight excluding hydrogens is 448 g/mol. The number of carbonyl (C=O) groups excluding carboxylic acids is 2. The molecule has 12 heteroatoms. The van der Waals surface area contributed by atoms with Crippen molar-refractivity contribution in [2.75, 3.05) is 26.8 Å². The van der Waals surface area contributed by atoms with Crippen molar-refractivity contribution in [3.05, 3.63) is 59.7 Å². The monoisotopic (exact) mass is 469 g/mol. The number of carbonyl (C=O) groups is 2. The smallest absolute Gasteiger partial charge is 0.309 e. The van der Waals surface area contributed by atoms with Gasteiger partial charge in [0.05, 0.1) is 20.3 Å². The predicted molar refractivity (Wildman–Crippen MR) is 108 cm³/mol. The van der Waals surface area contributed by atoms with Crippen LogP contribution in [0.5, 0.6) is 5.75 Å². The normalized spacial score (nSPS) is 16.5. The maximum absolute atomic E-state index is 14.0. The van der Waals surface area contributed by atoms with E-state index in [1.165, 1.54) is 7.11 Å². The van der Waals surface area contributed by atoms with Gasteiger partial charge in [0.2, 0.25) is 10.0 Å². The Morgan fingerprint density at radius 1 is 1.12 bits per heavy atom. The quantitative estimate of drug-likeness (QED) is 0.579. The second kappa shape index (κ2) is 10.0. The van der Waals surface area contributed by atoms with E-state index < -0.39 is 44.6 Å². The van der Waals surface area contributed by atoms with E-state index in [1.807, 2.05) is 0 Å². The maximum atomic E-state index is 14.0. The van der Waals surface area contributed by atoms with Crippen LogP contribution in [0.25, 0.3) is 0 Å². The molecule has 0 aliphatic carbocycles. The number of nitrogens with zero attached hydrogens (tertiary/aromatic N) is 1. The highest BCUT2D eigenvalue weighted by Gasteiger charge is 2.38. The second-order valence-electron chi connectivity index (χ2n) is 6.76. The summed E-state index contributed by atoms with van der Waals surface area (Å²) in [6.07, 6.45) is -1.18. The van der Waals surface area contributed by atoms with Crippen molar-refractivity contribution in [3.8, 4) is 5.75 Å². The SMILES string of the molecule is COc1ccc(CNC(=O)C(=O)NC[C@H]2OCCN2S(=O)(=O)c2cc(F)ccc2F)cc1. The summed E-state index contributed by atoms with van der Waals surface area (Å²) in [6, 6.07) is 8.94. The molecule has 1 heterocycles. The number of hydrogen-bond donors (Lipinski definition) is 2. The van der Waals surface area contributed by atoms with Crippen molar-refractivity contribution < 1.29 is 36.3 Å². The molecule has 1 fully saturated rings. The number of ether oxygens (including phenoxy) is 2. The van der Waals surface area contributed by atoms with Crippen molar-refractivity contribution in [3.63, 3.8) is 0 Å². The molecule has 1 aliphatic rings. The van der Waals surface area contributed by atoms with Crippen LogP contribution in [0.1, 0.15) is 5.56 Å². The Balaban J connectivity index is 1.57. The van der Waals surface area contributed by atoms with E-state index in [9.17, 15) is 26.8 Å². The molecule has 1 aliphatic heterocycles. The molecule has 0 aromatic heterocycles. The molecule has 0 saturated carbocycles. The van der Waals surface area contributed by atoms with Crippen LogP contribution >= 0.6 is 0 Å². The largest absolute Gasteiger partial charge is 0.497 e. The minimum Gasteiger partial charge on any atom is -0.497 e. The summed E-state index contributed by atoms with van der Waals surface area (Å²) < 4.78 is 64.1. The number of nitrogens with one attached hydrogen (secondary N) is 2. The van der Waals surface area contributed by atoms with Gasteiger partial charge in [-0.3, -0.25) is 9.59 Å². The lowest BCUT2D eigenvalue weighted by atomic mass is 10.2. The molecule has 2 amide bonds. The third kappa shape index (κ3) is 5.39. The summed E-state index contributed by atoms with van der Waals surface area (Å²) in [4.78, 5) is 23.2. The highest BCUT2D eigenvalue weighted by molar-refractivity contribution is 7.89. The van der Waals surface area contributed by atoms with Crippen molar-refractivity contribution in [2.45, 2.75) is 17.7 Å². The van der Waals surface area contributed by atoms with Crippen molar-refractivity contribution >= 4 is 21.8 Å². The zero-order chi connectivity index (χ0) is 23.3. The number of methoxy groups -OCH3 is 1. The molecule has 1 saturated heterocycles. The van der Waals surface area contributed by atoms with Crippen LogP contribution in [0.15, 0.2) is 47.4 Å². The zero-order valence-electron chi connectivity index (χ0n) is 17.0. The topological polar surface area (TPSA) is 114 Å². The van der Waals surface area contributed by atoms with Crippen LogP contribution in [0.3, 0.4) is 0 Å². The summed E-state index contributed by atoms with van der Waals surface area (Å²) in [5.74, 6) is -3.30. The average Bonchev–Trinajstić information content (AvgIpc) is 3.27. The van der Waals surface area contributed by atoms with E-state index in [1.54, 1.807) is 24.3 Å². The van der Waals surface area contributed by atoms with Gasteiger partial charge in [0.1, 0.15) is 28.5 Å². The molecule has 2 aromatic rings. The molecule has 9 nitrogen and oxygen atoms in total. The fourth-order valence-electron chi connectivity index (χ4n) is 3.01. The molecular formula is C20H21F2N3O6S. The van der Waals surface area contributed by atoms with E-state index in [-0.39, 0.29) is 26.2 Å². The Morgan fingerprint density at radius 2 is 1.81 bits per heavy atom. The van der Waals surface area contributed by atoms with Crippen LogP contribution in [0.4, 0.5) is 8.78 Å². The predicted octanol–water partition coefficient (Wildman–Crippen LogP) is 0.753. The third-order valence-electron chi connectivity index (χ3n) is 4.68. The van der Waals surface area contributed by atoms with Gasteiger partial charge >= 0.3 is 11.8 Å². The fourth-order valence-corrected chi connectivity index (χ4v) is 4.60. The molecule has 2 aromatic carbocycles. The highest BCUT2D eigenvalue weighted by Crippen LogP contribution is 2.25. The number of hydrogen-bond acceptors (Lipinski definition) is 6. The van der Waals surface area contributed by atoms with Crippen molar-refractivity contribution in [2.24, 2.45) is 0 Å². The van der Waals surface area contributed by atoms with E-state index >= 15 is 0 Å². The summed E-state index contributed by atoms with van der Waals surface area (Å²) in [7, 11) is -2.91. The third-order valence-corrected chi connectivity index (χ3v) is 6.58. The van der Waals surface area contributed by atoms with Crippen LogP contribution < -0.4 is 15.4 Å². The van der Waals surface area contributed by atoms with E-state index in [0.717, 1.165) is 15.9 Å². The first-order chi connectivity index (χ1) is 15.2. The molecule has 172 valence electrons. The molecule has 0 spiro atoms. The first-order valence-electron chi connectivity index (χ1n) is 9.50. The second-order valence-corrected chi connectivity index (χ2v) is 8.62. The standard InChI is InChI=1S/C20H21F2N3O6S/c1-30-15-5-2-13(3-6-15)11-23-19(26)20(27)24-12-18-25(8-9-31-18)32(28,29)17-10-14(21)4-7-16(17)22/h2-7,10,18H,8-9,11-12H2,1H3,(H,23,26)(H,24,27)/t18-/m1/s1. The van der Waals surface area contributed by atoms with E-state index in [0.29, 0.717) is 17.9 Å². The molecule has 0 bridgehead atoms. The minimum absolute atomic E-state index is 0.0135. The summed E-state index contributed by atoms with van der Waals surface area (Å²) >= 11 is 0. The van der Waals surface area contributed by atoms with Crippen LogP contribution in [-0.2, 0) is 30.9 Å². The molecule has 32 heavy (non-hydrogen) atoms. The van der Waals surface area contributed by atoms with Crippen LogP contribution in [-0.4, -0.2) is 57.6 Å². The molecule has 2 N–H and O–H groups in total. The lowest BCUT2D eigenvalue weighted by Crippen LogP contribution is -2.47. The van der Waals surface area contributed by atoms with Gasteiger partial charge in [0.25, 0.3) is 0 Å². The average molecular weight is 469 g/mol.